The van der Waals surface area contributed by atoms with Gasteiger partial charge in [0.15, 0.2) is 0 Å². The number of rotatable bonds is 2. The summed E-state index contributed by atoms with van der Waals surface area (Å²) in [5.41, 5.74) is 0.388. The van der Waals surface area contributed by atoms with Gasteiger partial charge in [-0.3, -0.25) is 0 Å². The number of benzene rings is 2. The Morgan fingerprint density at radius 2 is 1.74 bits per heavy atom. The smallest absolute Gasteiger partial charge is 0.135 e. The van der Waals surface area contributed by atoms with E-state index in [1.54, 1.807) is 18.2 Å². The SMILES string of the molecule is Cc1ccc(F)c(C(O)c2ccc(Br)c(Br)c2)c1F. The Kier molecular flexibility index (Phi) is 4.38. The van der Waals surface area contributed by atoms with Crippen LogP contribution < -0.4 is 0 Å². The van der Waals surface area contributed by atoms with Crippen molar-refractivity contribution in [2.24, 2.45) is 0 Å². The zero-order chi connectivity index (χ0) is 14.2. The summed E-state index contributed by atoms with van der Waals surface area (Å²) in [4.78, 5) is 0. The maximum absolute atomic E-state index is 14.0. The van der Waals surface area contributed by atoms with Crippen molar-refractivity contribution in [1.29, 1.82) is 0 Å². The third-order valence-electron chi connectivity index (χ3n) is 2.85. The van der Waals surface area contributed by atoms with E-state index >= 15 is 0 Å². The van der Waals surface area contributed by atoms with Crippen molar-refractivity contribution in [3.63, 3.8) is 0 Å². The molecule has 2 rings (SSSR count). The van der Waals surface area contributed by atoms with Gasteiger partial charge in [-0.1, -0.05) is 12.1 Å². The van der Waals surface area contributed by atoms with E-state index in [9.17, 15) is 13.9 Å². The molecule has 0 bridgehead atoms. The molecule has 1 N–H and O–H groups in total. The zero-order valence-electron chi connectivity index (χ0n) is 9.92. The fourth-order valence-corrected chi connectivity index (χ4v) is 2.42. The lowest BCUT2D eigenvalue weighted by Gasteiger charge is -2.15. The van der Waals surface area contributed by atoms with Crippen molar-refractivity contribution < 1.29 is 13.9 Å². The average molecular weight is 392 g/mol. The minimum absolute atomic E-state index is 0.298. The van der Waals surface area contributed by atoms with Crippen LogP contribution >= 0.6 is 31.9 Å². The number of halogens is 4. The van der Waals surface area contributed by atoms with Gasteiger partial charge >= 0.3 is 0 Å². The lowest BCUT2D eigenvalue weighted by atomic mass is 9.98. The van der Waals surface area contributed by atoms with Gasteiger partial charge in [-0.25, -0.2) is 8.78 Å². The van der Waals surface area contributed by atoms with Crippen molar-refractivity contribution >= 4 is 31.9 Å². The molecule has 100 valence electrons. The lowest BCUT2D eigenvalue weighted by Crippen LogP contribution is -2.07. The first-order valence-corrected chi connectivity index (χ1v) is 7.08. The Balaban J connectivity index is 2.52. The molecule has 0 saturated heterocycles. The molecule has 1 unspecified atom stereocenters. The van der Waals surface area contributed by atoms with Gasteiger partial charge in [0.05, 0.1) is 5.56 Å². The van der Waals surface area contributed by atoms with E-state index in [1.165, 1.54) is 13.0 Å². The number of hydrogen-bond donors (Lipinski definition) is 1. The third-order valence-corrected chi connectivity index (χ3v) is 4.73. The maximum Gasteiger partial charge on any atom is 0.135 e. The van der Waals surface area contributed by atoms with Crippen LogP contribution in [0.3, 0.4) is 0 Å². The van der Waals surface area contributed by atoms with Gasteiger partial charge in [0.2, 0.25) is 0 Å². The highest BCUT2D eigenvalue weighted by Crippen LogP contribution is 2.32. The molecule has 0 saturated carbocycles. The van der Waals surface area contributed by atoms with Crippen LogP contribution in [0.2, 0.25) is 0 Å². The van der Waals surface area contributed by atoms with Crippen molar-refractivity contribution in [2.75, 3.05) is 0 Å². The van der Waals surface area contributed by atoms with Gasteiger partial charge in [-0.2, -0.15) is 0 Å². The highest BCUT2D eigenvalue weighted by Gasteiger charge is 2.21. The molecule has 5 heteroatoms. The van der Waals surface area contributed by atoms with Crippen LogP contribution in [0.5, 0.6) is 0 Å². The van der Waals surface area contributed by atoms with Crippen LogP contribution in [0.4, 0.5) is 8.78 Å². The van der Waals surface area contributed by atoms with Gasteiger partial charge in [0.25, 0.3) is 0 Å². The normalized spacial score (nSPS) is 12.5. The van der Waals surface area contributed by atoms with E-state index in [2.05, 4.69) is 31.9 Å². The molecule has 19 heavy (non-hydrogen) atoms. The van der Waals surface area contributed by atoms with Crippen LogP contribution in [-0.4, -0.2) is 5.11 Å². The Morgan fingerprint density at radius 3 is 2.37 bits per heavy atom. The molecule has 2 aromatic rings. The topological polar surface area (TPSA) is 20.2 Å². The molecule has 0 heterocycles. The average Bonchev–Trinajstić information content (AvgIpc) is 2.37. The fraction of sp³-hybridized carbons (Fsp3) is 0.143. The van der Waals surface area contributed by atoms with Crippen LogP contribution in [0, 0.1) is 18.6 Å². The van der Waals surface area contributed by atoms with E-state index in [-0.39, 0.29) is 5.56 Å². The molecule has 0 aliphatic heterocycles. The van der Waals surface area contributed by atoms with E-state index in [1.807, 2.05) is 0 Å². The molecule has 0 aliphatic rings. The fourth-order valence-electron chi connectivity index (χ4n) is 1.78. The van der Waals surface area contributed by atoms with E-state index in [0.717, 1.165) is 10.5 Å². The van der Waals surface area contributed by atoms with Crippen LogP contribution in [-0.2, 0) is 0 Å². The molecular weight excluding hydrogens is 382 g/mol. The monoisotopic (exact) mass is 390 g/mol. The number of hydrogen-bond acceptors (Lipinski definition) is 1. The minimum atomic E-state index is -1.34. The van der Waals surface area contributed by atoms with E-state index in [4.69, 9.17) is 0 Å². The molecule has 1 nitrogen and oxygen atoms in total. The quantitative estimate of drug-likeness (QED) is 0.773. The van der Waals surface area contributed by atoms with Crippen LogP contribution in [0.15, 0.2) is 39.3 Å². The lowest BCUT2D eigenvalue weighted by molar-refractivity contribution is 0.208. The number of aliphatic hydroxyl groups excluding tert-OH is 1. The van der Waals surface area contributed by atoms with Gasteiger partial charge in [0.1, 0.15) is 17.7 Å². The summed E-state index contributed by atoms with van der Waals surface area (Å²) >= 11 is 6.59. The van der Waals surface area contributed by atoms with Crippen molar-refractivity contribution in [2.45, 2.75) is 13.0 Å². The first-order chi connectivity index (χ1) is 8.91. The van der Waals surface area contributed by atoms with Gasteiger partial charge in [-0.15, -0.1) is 0 Å². The summed E-state index contributed by atoms with van der Waals surface area (Å²) in [5, 5.41) is 10.2. The van der Waals surface area contributed by atoms with E-state index < -0.39 is 17.7 Å². The summed E-state index contributed by atoms with van der Waals surface area (Å²) < 4.78 is 29.2. The predicted molar refractivity (Wildman–Crippen MR) is 77.0 cm³/mol. The first-order valence-electron chi connectivity index (χ1n) is 5.49. The van der Waals surface area contributed by atoms with E-state index in [0.29, 0.717) is 15.6 Å². The van der Waals surface area contributed by atoms with Crippen LogP contribution in [0.25, 0.3) is 0 Å². The van der Waals surface area contributed by atoms with Crippen molar-refractivity contribution in [3.05, 3.63) is 67.6 Å². The highest BCUT2D eigenvalue weighted by molar-refractivity contribution is 9.13. The molecule has 2 aromatic carbocycles. The molecule has 0 aromatic heterocycles. The second-order valence-corrected chi connectivity index (χ2v) is 5.88. The summed E-state index contributed by atoms with van der Waals surface area (Å²) in [6.45, 7) is 1.53. The summed E-state index contributed by atoms with van der Waals surface area (Å²) in [7, 11) is 0. The van der Waals surface area contributed by atoms with Gasteiger partial charge in [-0.05, 0) is 68.1 Å². The number of aliphatic hydroxyl groups is 1. The minimum Gasteiger partial charge on any atom is -0.383 e. The largest absolute Gasteiger partial charge is 0.383 e. The molecule has 1 atom stereocenters. The second-order valence-electron chi connectivity index (χ2n) is 4.17. The van der Waals surface area contributed by atoms with Crippen LogP contribution in [0.1, 0.15) is 22.8 Å². The zero-order valence-corrected chi connectivity index (χ0v) is 13.1. The Morgan fingerprint density at radius 1 is 1.05 bits per heavy atom. The van der Waals surface area contributed by atoms with Crippen molar-refractivity contribution in [3.8, 4) is 0 Å². The van der Waals surface area contributed by atoms with Gasteiger partial charge in [0, 0.05) is 8.95 Å². The molecule has 0 amide bonds. The summed E-state index contributed by atoms with van der Waals surface area (Å²) in [5.74, 6) is -1.47. The Labute approximate surface area is 126 Å². The molecule has 0 spiro atoms. The Hall–Kier alpha value is -0.780. The maximum atomic E-state index is 14.0. The summed E-state index contributed by atoms with van der Waals surface area (Å²) in [6.07, 6.45) is -1.34. The van der Waals surface area contributed by atoms with Crippen molar-refractivity contribution in [1.82, 2.24) is 0 Å². The number of aryl methyl sites for hydroxylation is 1. The highest BCUT2D eigenvalue weighted by atomic mass is 79.9. The molecular formula is C14H10Br2F2O. The third kappa shape index (κ3) is 2.88. The van der Waals surface area contributed by atoms with Gasteiger partial charge < -0.3 is 5.11 Å². The Bertz CT molecular complexity index is 629. The second kappa shape index (κ2) is 5.69. The molecule has 0 fully saturated rings. The summed E-state index contributed by atoms with van der Waals surface area (Å²) in [6, 6.07) is 7.44. The first kappa shape index (κ1) is 14.6. The molecule has 0 aliphatic carbocycles. The predicted octanol–water partition coefficient (Wildman–Crippen LogP) is 4.88. The standard InChI is InChI=1S/C14H10Br2F2O/c1-7-2-5-11(17)12(13(7)18)14(19)8-3-4-9(15)10(16)6-8/h2-6,14,19H,1H3. The molecule has 0 radical (unpaired) electrons.